The topological polar surface area (TPSA) is 41.1 Å². The molecule has 3 nitrogen and oxygen atoms in total. The fraction of sp³-hybridized carbons (Fsp3) is 0.364. The van der Waals surface area contributed by atoms with Crippen LogP contribution in [0.5, 0.6) is 0 Å². The van der Waals surface area contributed by atoms with Crippen molar-refractivity contribution in [2.45, 2.75) is 13.0 Å². The summed E-state index contributed by atoms with van der Waals surface area (Å²) in [5.74, 6) is 0.0543. The van der Waals surface area contributed by atoms with Crippen LogP contribution < -0.4 is 10.6 Å². The molecule has 0 saturated heterocycles. The maximum absolute atomic E-state index is 10.9. The summed E-state index contributed by atoms with van der Waals surface area (Å²) in [5.41, 5.74) is 1.16. The molecule has 0 spiro atoms. The van der Waals surface area contributed by atoms with E-state index in [9.17, 15) is 4.79 Å². The van der Waals surface area contributed by atoms with E-state index in [4.69, 9.17) is 11.6 Å². The Hall–Kier alpha value is -1.06. The molecule has 0 aliphatic carbocycles. The molecule has 1 amide bonds. The van der Waals surface area contributed by atoms with Gasteiger partial charge >= 0.3 is 0 Å². The number of halogens is 1. The van der Waals surface area contributed by atoms with E-state index in [1.54, 1.807) is 7.05 Å². The summed E-state index contributed by atoms with van der Waals surface area (Å²) >= 11 is 5.76. The standard InChI is InChI=1S/C11H15ClN2O/c1-13-11(15)6-7-14-8-9-2-4-10(12)5-3-9/h2-5,14H,6-8H2,1H3,(H,13,15). The van der Waals surface area contributed by atoms with Crippen molar-refractivity contribution in [2.24, 2.45) is 0 Å². The van der Waals surface area contributed by atoms with Gasteiger partial charge in [0.05, 0.1) is 0 Å². The number of hydrogen-bond acceptors (Lipinski definition) is 2. The molecule has 0 aliphatic heterocycles. The lowest BCUT2D eigenvalue weighted by molar-refractivity contribution is -0.120. The molecular formula is C11H15ClN2O. The van der Waals surface area contributed by atoms with Crippen LogP contribution in [0.25, 0.3) is 0 Å². The van der Waals surface area contributed by atoms with E-state index in [0.717, 1.165) is 17.1 Å². The first-order valence-corrected chi connectivity index (χ1v) is 5.26. The predicted octanol–water partition coefficient (Wildman–Crippen LogP) is 1.57. The van der Waals surface area contributed by atoms with Crippen LogP contribution in [0.1, 0.15) is 12.0 Å². The van der Waals surface area contributed by atoms with Crippen LogP contribution in [0.2, 0.25) is 5.02 Å². The number of rotatable bonds is 5. The molecule has 82 valence electrons. The lowest BCUT2D eigenvalue weighted by Gasteiger charge is -2.04. The molecule has 0 aromatic heterocycles. The maximum Gasteiger partial charge on any atom is 0.221 e. The van der Waals surface area contributed by atoms with Gasteiger partial charge in [-0.25, -0.2) is 0 Å². The van der Waals surface area contributed by atoms with Crippen molar-refractivity contribution in [3.8, 4) is 0 Å². The molecule has 1 aromatic rings. The van der Waals surface area contributed by atoms with E-state index in [0.29, 0.717) is 13.0 Å². The normalized spacial score (nSPS) is 10.0. The first-order valence-electron chi connectivity index (χ1n) is 4.88. The van der Waals surface area contributed by atoms with Crippen LogP contribution >= 0.6 is 11.6 Å². The molecule has 2 N–H and O–H groups in total. The molecule has 1 aromatic carbocycles. The Morgan fingerprint density at radius 3 is 2.60 bits per heavy atom. The lowest BCUT2D eigenvalue weighted by Crippen LogP contribution is -2.24. The molecule has 0 bridgehead atoms. The number of hydrogen-bond donors (Lipinski definition) is 2. The number of benzene rings is 1. The van der Waals surface area contributed by atoms with Crippen molar-refractivity contribution in [1.29, 1.82) is 0 Å². The predicted molar refractivity (Wildman–Crippen MR) is 61.8 cm³/mol. The third-order valence-corrected chi connectivity index (χ3v) is 2.30. The van der Waals surface area contributed by atoms with Gasteiger partial charge in [-0.15, -0.1) is 0 Å². The number of nitrogens with one attached hydrogen (secondary N) is 2. The highest BCUT2D eigenvalue weighted by molar-refractivity contribution is 6.30. The highest BCUT2D eigenvalue weighted by atomic mass is 35.5. The van der Waals surface area contributed by atoms with Crippen LogP contribution in [0.3, 0.4) is 0 Å². The van der Waals surface area contributed by atoms with E-state index in [1.807, 2.05) is 24.3 Å². The van der Waals surface area contributed by atoms with E-state index in [1.165, 1.54) is 0 Å². The Balaban J connectivity index is 2.20. The van der Waals surface area contributed by atoms with Gasteiger partial charge in [0.1, 0.15) is 0 Å². The third kappa shape index (κ3) is 4.81. The average Bonchev–Trinajstić information content (AvgIpc) is 2.26. The zero-order valence-corrected chi connectivity index (χ0v) is 9.47. The first-order chi connectivity index (χ1) is 7.22. The van der Waals surface area contributed by atoms with Gasteiger partial charge in [-0.3, -0.25) is 4.79 Å². The Morgan fingerprint density at radius 2 is 2.00 bits per heavy atom. The van der Waals surface area contributed by atoms with Gasteiger partial charge in [-0.2, -0.15) is 0 Å². The molecule has 0 saturated carbocycles. The summed E-state index contributed by atoms with van der Waals surface area (Å²) in [6.07, 6.45) is 0.504. The Labute approximate surface area is 94.8 Å². The van der Waals surface area contributed by atoms with E-state index in [2.05, 4.69) is 10.6 Å². The Kier molecular flexibility index (Phi) is 5.15. The Bertz CT molecular complexity index is 311. The minimum absolute atomic E-state index is 0.0543. The van der Waals surface area contributed by atoms with Gasteiger partial charge in [-0.1, -0.05) is 23.7 Å². The van der Waals surface area contributed by atoms with Crippen LogP contribution in [0.4, 0.5) is 0 Å². The second kappa shape index (κ2) is 6.43. The van der Waals surface area contributed by atoms with Crippen molar-refractivity contribution in [1.82, 2.24) is 10.6 Å². The van der Waals surface area contributed by atoms with Crippen molar-refractivity contribution < 1.29 is 4.79 Å². The zero-order chi connectivity index (χ0) is 11.1. The molecule has 0 radical (unpaired) electrons. The SMILES string of the molecule is CNC(=O)CCNCc1ccc(Cl)cc1. The quantitative estimate of drug-likeness (QED) is 0.749. The Morgan fingerprint density at radius 1 is 1.33 bits per heavy atom. The molecule has 0 unspecified atom stereocenters. The smallest absolute Gasteiger partial charge is 0.221 e. The summed E-state index contributed by atoms with van der Waals surface area (Å²) in [6, 6.07) is 7.65. The summed E-state index contributed by atoms with van der Waals surface area (Å²) in [5, 5.41) is 6.50. The minimum atomic E-state index is 0.0543. The lowest BCUT2D eigenvalue weighted by atomic mass is 10.2. The van der Waals surface area contributed by atoms with Gasteiger partial charge in [0.25, 0.3) is 0 Å². The third-order valence-electron chi connectivity index (χ3n) is 2.05. The number of amides is 1. The van der Waals surface area contributed by atoms with Gasteiger partial charge in [0, 0.05) is 31.6 Å². The zero-order valence-electron chi connectivity index (χ0n) is 8.72. The van der Waals surface area contributed by atoms with Crippen LogP contribution in [-0.4, -0.2) is 19.5 Å². The van der Waals surface area contributed by atoms with Crippen molar-refractivity contribution in [3.63, 3.8) is 0 Å². The molecule has 0 fully saturated rings. The second-order valence-corrected chi connectivity index (χ2v) is 3.66. The van der Waals surface area contributed by atoms with Crippen LogP contribution in [0, 0.1) is 0 Å². The highest BCUT2D eigenvalue weighted by Crippen LogP contribution is 2.08. The summed E-state index contributed by atoms with van der Waals surface area (Å²) in [7, 11) is 1.64. The summed E-state index contributed by atoms with van der Waals surface area (Å²) in [6.45, 7) is 1.44. The number of carbonyl (C=O) groups is 1. The molecule has 4 heteroatoms. The summed E-state index contributed by atoms with van der Waals surface area (Å²) < 4.78 is 0. The highest BCUT2D eigenvalue weighted by Gasteiger charge is 1.97. The van der Waals surface area contributed by atoms with Crippen molar-refractivity contribution >= 4 is 17.5 Å². The van der Waals surface area contributed by atoms with E-state index >= 15 is 0 Å². The molecule has 0 heterocycles. The fourth-order valence-corrected chi connectivity index (χ4v) is 1.29. The van der Waals surface area contributed by atoms with E-state index < -0.39 is 0 Å². The van der Waals surface area contributed by atoms with Gasteiger partial charge in [0.15, 0.2) is 0 Å². The molecule has 15 heavy (non-hydrogen) atoms. The number of carbonyl (C=O) groups excluding carboxylic acids is 1. The van der Waals surface area contributed by atoms with Gasteiger partial charge in [-0.05, 0) is 17.7 Å². The van der Waals surface area contributed by atoms with Crippen LogP contribution in [-0.2, 0) is 11.3 Å². The maximum atomic E-state index is 10.9. The molecular weight excluding hydrogens is 212 g/mol. The van der Waals surface area contributed by atoms with Crippen molar-refractivity contribution in [2.75, 3.05) is 13.6 Å². The largest absolute Gasteiger partial charge is 0.359 e. The second-order valence-electron chi connectivity index (χ2n) is 3.23. The summed E-state index contributed by atoms with van der Waals surface area (Å²) in [4.78, 5) is 10.9. The van der Waals surface area contributed by atoms with Crippen LogP contribution in [0.15, 0.2) is 24.3 Å². The monoisotopic (exact) mass is 226 g/mol. The fourth-order valence-electron chi connectivity index (χ4n) is 1.16. The molecule has 1 rings (SSSR count). The average molecular weight is 227 g/mol. The first kappa shape index (κ1) is 12.0. The van der Waals surface area contributed by atoms with E-state index in [-0.39, 0.29) is 5.91 Å². The molecule has 0 aliphatic rings. The molecule has 0 atom stereocenters. The minimum Gasteiger partial charge on any atom is -0.359 e. The van der Waals surface area contributed by atoms with Gasteiger partial charge < -0.3 is 10.6 Å². The van der Waals surface area contributed by atoms with Gasteiger partial charge in [0.2, 0.25) is 5.91 Å². The van der Waals surface area contributed by atoms with Crippen molar-refractivity contribution in [3.05, 3.63) is 34.9 Å².